The second-order valence-electron chi connectivity index (χ2n) is 3.16. The Kier molecular flexibility index (Phi) is 2.46. The van der Waals surface area contributed by atoms with Gasteiger partial charge in [0, 0.05) is 6.04 Å². The second-order valence-corrected chi connectivity index (χ2v) is 3.16. The Bertz CT molecular complexity index is 150. The molecule has 0 amide bonds. The Hall–Kier alpha value is -0.610. The quantitative estimate of drug-likeness (QED) is 0.484. The van der Waals surface area contributed by atoms with E-state index in [1.807, 2.05) is 0 Å². The zero-order chi connectivity index (χ0) is 8.43. The van der Waals surface area contributed by atoms with Crippen molar-refractivity contribution in [3.63, 3.8) is 0 Å². The fraction of sp³-hybridized carbons (Fsp3) is 0.857. The third-order valence-electron chi connectivity index (χ3n) is 2.07. The van der Waals surface area contributed by atoms with Crippen LogP contribution in [0, 0.1) is 5.92 Å². The van der Waals surface area contributed by atoms with Gasteiger partial charge in [0.2, 0.25) is 0 Å². The van der Waals surface area contributed by atoms with Gasteiger partial charge in [0.15, 0.2) is 0 Å². The SMILES string of the molecule is NC1CC(O)CC(C(=O)O)C1. The molecule has 0 aromatic carbocycles. The fourth-order valence-corrected chi connectivity index (χ4v) is 1.53. The van der Waals surface area contributed by atoms with Crippen LogP contribution in [0.25, 0.3) is 0 Å². The van der Waals surface area contributed by atoms with Gasteiger partial charge in [0.1, 0.15) is 0 Å². The van der Waals surface area contributed by atoms with Crippen molar-refractivity contribution in [2.24, 2.45) is 11.7 Å². The largest absolute Gasteiger partial charge is 0.481 e. The summed E-state index contributed by atoms with van der Waals surface area (Å²) in [4.78, 5) is 10.5. The first-order chi connectivity index (χ1) is 5.09. The molecule has 4 nitrogen and oxygen atoms in total. The molecule has 4 N–H and O–H groups in total. The van der Waals surface area contributed by atoms with Gasteiger partial charge in [-0.2, -0.15) is 0 Å². The zero-order valence-electron chi connectivity index (χ0n) is 6.23. The Labute approximate surface area is 65.0 Å². The van der Waals surface area contributed by atoms with Crippen LogP contribution < -0.4 is 5.73 Å². The lowest BCUT2D eigenvalue weighted by molar-refractivity contribution is -0.144. The first-order valence-corrected chi connectivity index (χ1v) is 3.76. The van der Waals surface area contributed by atoms with Crippen molar-refractivity contribution in [2.75, 3.05) is 0 Å². The number of nitrogens with two attached hydrogens (primary N) is 1. The van der Waals surface area contributed by atoms with Gasteiger partial charge in [-0.25, -0.2) is 0 Å². The van der Waals surface area contributed by atoms with E-state index >= 15 is 0 Å². The molecule has 3 unspecified atom stereocenters. The topological polar surface area (TPSA) is 83.5 Å². The summed E-state index contributed by atoms with van der Waals surface area (Å²) in [6.45, 7) is 0. The number of hydrogen-bond acceptors (Lipinski definition) is 3. The Morgan fingerprint density at radius 1 is 1.36 bits per heavy atom. The predicted molar refractivity (Wildman–Crippen MR) is 39.0 cm³/mol. The Morgan fingerprint density at radius 3 is 2.45 bits per heavy atom. The van der Waals surface area contributed by atoms with Crippen LogP contribution in [0.3, 0.4) is 0 Å². The van der Waals surface area contributed by atoms with Crippen LogP contribution >= 0.6 is 0 Å². The van der Waals surface area contributed by atoms with Crippen molar-refractivity contribution in [3.05, 3.63) is 0 Å². The zero-order valence-corrected chi connectivity index (χ0v) is 6.23. The third-order valence-corrected chi connectivity index (χ3v) is 2.07. The second kappa shape index (κ2) is 3.19. The molecule has 1 saturated carbocycles. The van der Waals surface area contributed by atoms with Crippen LogP contribution in [-0.2, 0) is 4.79 Å². The average Bonchev–Trinajstić information content (AvgIpc) is 1.85. The molecule has 0 spiro atoms. The highest BCUT2D eigenvalue weighted by Gasteiger charge is 2.29. The van der Waals surface area contributed by atoms with Gasteiger partial charge in [-0.15, -0.1) is 0 Å². The van der Waals surface area contributed by atoms with Crippen LogP contribution in [0.2, 0.25) is 0 Å². The minimum atomic E-state index is -0.848. The number of aliphatic hydroxyl groups is 1. The molecule has 64 valence electrons. The molecular formula is C7H13NO3. The number of hydrogen-bond donors (Lipinski definition) is 3. The van der Waals surface area contributed by atoms with Crippen molar-refractivity contribution in [1.29, 1.82) is 0 Å². The predicted octanol–water partition coefficient (Wildman–Crippen LogP) is -0.441. The molecule has 0 aromatic heterocycles. The molecule has 0 heterocycles. The first kappa shape index (κ1) is 8.49. The summed E-state index contributed by atoms with van der Waals surface area (Å²) in [6, 6.07) is -0.153. The van der Waals surface area contributed by atoms with Gasteiger partial charge in [-0.1, -0.05) is 0 Å². The van der Waals surface area contributed by atoms with Crippen LogP contribution in [-0.4, -0.2) is 28.3 Å². The lowest BCUT2D eigenvalue weighted by Gasteiger charge is -2.27. The summed E-state index contributed by atoms with van der Waals surface area (Å²) >= 11 is 0. The van der Waals surface area contributed by atoms with Crippen molar-refractivity contribution in [1.82, 2.24) is 0 Å². The highest BCUT2D eigenvalue weighted by Crippen LogP contribution is 2.23. The van der Waals surface area contributed by atoms with Gasteiger partial charge >= 0.3 is 5.97 Å². The lowest BCUT2D eigenvalue weighted by Crippen LogP contribution is -2.38. The maximum absolute atomic E-state index is 10.5. The van der Waals surface area contributed by atoms with E-state index in [0.717, 1.165) is 0 Å². The average molecular weight is 159 g/mol. The molecular weight excluding hydrogens is 146 g/mol. The number of carboxylic acids is 1. The summed E-state index contributed by atoms with van der Waals surface area (Å²) in [6.07, 6.45) is 0.846. The van der Waals surface area contributed by atoms with E-state index in [1.54, 1.807) is 0 Å². The Balaban J connectivity index is 2.49. The molecule has 11 heavy (non-hydrogen) atoms. The fourth-order valence-electron chi connectivity index (χ4n) is 1.53. The molecule has 0 aromatic rings. The normalized spacial score (nSPS) is 38.5. The molecule has 1 fully saturated rings. The van der Waals surface area contributed by atoms with E-state index in [1.165, 1.54) is 0 Å². The molecule has 0 aliphatic heterocycles. The highest BCUT2D eigenvalue weighted by atomic mass is 16.4. The third kappa shape index (κ3) is 2.17. The van der Waals surface area contributed by atoms with E-state index in [-0.39, 0.29) is 6.04 Å². The summed E-state index contributed by atoms with van der Waals surface area (Å²) in [5.74, 6) is -1.30. The molecule has 1 aliphatic rings. The van der Waals surface area contributed by atoms with Crippen molar-refractivity contribution in [2.45, 2.75) is 31.4 Å². The minimum absolute atomic E-state index is 0.153. The molecule has 1 rings (SSSR count). The summed E-state index contributed by atoms with van der Waals surface area (Å²) < 4.78 is 0. The highest BCUT2D eigenvalue weighted by molar-refractivity contribution is 5.70. The van der Waals surface area contributed by atoms with E-state index in [0.29, 0.717) is 19.3 Å². The minimum Gasteiger partial charge on any atom is -0.481 e. The van der Waals surface area contributed by atoms with Crippen molar-refractivity contribution >= 4 is 5.97 Å². The van der Waals surface area contributed by atoms with Gasteiger partial charge in [-0.05, 0) is 19.3 Å². The van der Waals surface area contributed by atoms with Crippen LogP contribution in [0.1, 0.15) is 19.3 Å². The maximum Gasteiger partial charge on any atom is 0.306 e. The van der Waals surface area contributed by atoms with E-state index < -0.39 is 18.0 Å². The van der Waals surface area contributed by atoms with Gasteiger partial charge < -0.3 is 15.9 Å². The number of aliphatic hydroxyl groups excluding tert-OH is 1. The summed E-state index contributed by atoms with van der Waals surface area (Å²) in [7, 11) is 0. The first-order valence-electron chi connectivity index (χ1n) is 3.76. The number of carbonyl (C=O) groups is 1. The molecule has 0 bridgehead atoms. The van der Waals surface area contributed by atoms with Gasteiger partial charge in [-0.3, -0.25) is 4.79 Å². The molecule has 0 saturated heterocycles. The smallest absolute Gasteiger partial charge is 0.306 e. The standard InChI is InChI=1S/C7H13NO3/c8-5-1-4(7(10)11)2-6(9)3-5/h4-6,9H,1-3,8H2,(H,10,11). The molecule has 1 aliphatic carbocycles. The molecule has 0 radical (unpaired) electrons. The number of carboxylic acid groups (broad SMARTS) is 1. The van der Waals surface area contributed by atoms with Crippen molar-refractivity contribution < 1.29 is 15.0 Å². The molecule has 3 atom stereocenters. The van der Waals surface area contributed by atoms with E-state index in [4.69, 9.17) is 15.9 Å². The van der Waals surface area contributed by atoms with Crippen LogP contribution in [0.4, 0.5) is 0 Å². The lowest BCUT2D eigenvalue weighted by atomic mass is 9.84. The summed E-state index contributed by atoms with van der Waals surface area (Å²) in [5.41, 5.74) is 5.53. The summed E-state index contributed by atoms with van der Waals surface area (Å²) in [5, 5.41) is 17.8. The monoisotopic (exact) mass is 159 g/mol. The van der Waals surface area contributed by atoms with Crippen molar-refractivity contribution in [3.8, 4) is 0 Å². The van der Waals surface area contributed by atoms with Gasteiger partial charge in [0.25, 0.3) is 0 Å². The van der Waals surface area contributed by atoms with Crippen LogP contribution in [0.5, 0.6) is 0 Å². The molecule has 4 heteroatoms. The number of rotatable bonds is 1. The number of aliphatic carboxylic acids is 1. The Morgan fingerprint density at radius 2 is 2.00 bits per heavy atom. The van der Waals surface area contributed by atoms with Crippen LogP contribution in [0.15, 0.2) is 0 Å². The van der Waals surface area contributed by atoms with E-state index in [2.05, 4.69) is 0 Å². The van der Waals surface area contributed by atoms with Gasteiger partial charge in [0.05, 0.1) is 12.0 Å². The maximum atomic E-state index is 10.5. The van der Waals surface area contributed by atoms with E-state index in [9.17, 15) is 4.79 Å².